The van der Waals surface area contributed by atoms with E-state index < -0.39 is 24.1 Å². The van der Waals surface area contributed by atoms with Gasteiger partial charge in [-0.2, -0.15) is 0 Å². The quantitative estimate of drug-likeness (QED) is 0.557. The second-order valence-electron chi connectivity index (χ2n) is 2.36. The Bertz CT molecular complexity index is 180. The predicted octanol–water partition coefficient (Wildman–Crippen LogP) is -0.638. The molecule has 2 atom stereocenters. The molecule has 0 heterocycles. The summed E-state index contributed by atoms with van der Waals surface area (Å²) >= 11 is 0. The Morgan fingerprint density at radius 1 is 0.786 bits per heavy atom. The molecule has 14 heavy (non-hydrogen) atoms. The van der Waals surface area contributed by atoms with Crippen LogP contribution in [0.25, 0.3) is 0 Å². The Hall–Kier alpha value is -1.14. The number of rotatable bonds is 5. The third kappa shape index (κ3) is 2.97. The summed E-state index contributed by atoms with van der Waals surface area (Å²) < 4.78 is 18.4. The minimum absolute atomic E-state index is 0.690. The van der Waals surface area contributed by atoms with Crippen molar-refractivity contribution in [2.75, 3.05) is 28.4 Å². The molecule has 0 aromatic heterocycles. The second kappa shape index (κ2) is 6.33. The lowest BCUT2D eigenvalue weighted by atomic mass is 10.2. The number of hydrogen-bond acceptors (Lipinski definition) is 6. The van der Waals surface area contributed by atoms with Gasteiger partial charge in [-0.1, -0.05) is 0 Å². The highest BCUT2D eigenvalue weighted by Gasteiger charge is 2.35. The van der Waals surface area contributed by atoms with Crippen LogP contribution in [-0.4, -0.2) is 52.6 Å². The van der Waals surface area contributed by atoms with Crippen LogP contribution in [0.2, 0.25) is 0 Å². The molecule has 0 bridgehead atoms. The lowest BCUT2D eigenvalue weighted by molar-refractivity contribution is -0.175. The van der Waals surface area contributed by atoms with E-state index in [1.807, 2.05) is 0 Å². The molecule has 0 rings (SSSR count). The number of ether oxygens (including phenoxy) is 4. The third-order valence-electron chi connectivity index (χ3n) is 1.65. The molecule has 0 aliphatic carbocycles. The average Bonchev–Trinajstić information content (AvgIpc) is 2.23. The van der Waals surface area contributed by atoms with Gasteiger partial charge in [-0.05, 0) is 0 Å². The molecule has 82 valence electrons. The van der Waals surface area contributed by atoms with Gasteiger partial charge in [-0.3, -0.25) is 0 Å². The van der Waals surface area contributed by atoms with Gasteiger partial charge < -0.3 is 18.9 Å². The Balaban J connectivity index is 4.60. The van der Waals surface area contributed by atoms with E-state index in [9.17, 15) is 9.59 Å². The van der Waals surface area contributed by atoms with Gasteiger partial charge in [0.05, 0.1) is 14.2 Å². The second-order valence-corrected chi connectivity index (χ2v) is 2.36. The molecule has 0 aliphatic heterocycles. The van der Waals surface area contributed by atoms with E-state index in [1.54, 1.807) is 0 Å². The van der Waals surface area contributed by atoms with Crippen molar-refractivity contribution < 1.29 is 28.5 Å². The molecule has 6 nitrogen and oxygen atoms in total. The molecule has 0 saturated carbocycles. The molecule has 0 saturated heterocycles. The molecule has 0 aromatic carbocycles. The number of esters is 2. The zero-order valence-corrected chi connectivity index (χ0v) is 8.60. The molecule has 0 radical (unpaired) electrons. The number of carbonyl (C=O) groups excluding carboxylic acids is 2. The maximum atomic E-state index is 11.1. The average molecular weight is 206 g/mol. The van der Waals surface area contributed by atoms with Crippen molar-refractivity contribution in [1.29, 1.82) is 0 Å². The Morgan fingerprint density at radius 3 is 1.21 bits per heavy atom. The van der Waals surface area contributed by atoms with Crippen molar-refractivity contribution in [2.24, 2.45) is 0 Å². The maximum absolute atomic E-state index is 11.1. The Kier molecular flexibility index (Phi) is 5.82. The molecule has 0 amide bonds. The topological polar surface area (TPSA) is 71.1 Å². The summed E-state index contributed by atoms with van der Waals surface area (Å²) in [6.45, 7) is 0. The van der Waals surface area contributed by atoms with Crippen LogP contribution in [0.4, 0.5) is 0 Å². The highest BCUT2D eigenvalue weighted by Crippen LogP contribution is 2.06. The summed E-state index contributed by atoms with van der Waals surface area (Å²) in [4.78, 5) is 22.3. The van der Waals surface area contributed by atoms with E-state index >= 15 is 0 Å². The molecule has 0 N–H and O–H groups in total. The summed E-state index contributed by atoms with van der Waals surface area (Å²) in [5.41, 5.74) is 0. The molecule has 0 spiro atoms. The van der Waals surface area contributed by atoms with E-state index in [1.165, 1.54) is 28.4 Å². The SMILES string of the molecule is COC(=O)[C@H](OC)[C@@H](OC)C(=O)OC. The summed E-state index contributed by atoms with van der Waals surface area (Å²) in [5, 5.41) is 0. The van der Waals surface area contributed by atoms with Crippen molar-refractivity contribution in [3.05, 3.63) is 0 Å². The molecular formula is C8H14O6. The molecule has 0 unspecified atom stereocenters. The first kappa shape index (κ1) is 12.9. The zero-order chi connectivity index (χ0) is 11.1. The third-order valence-corrected chi connectivity index (χ3v) is 1.65. The van der Waals surface area contributed by atoms with Crippen LogP contribution in [0.5, 0.6) is 0 Å². The van der Waals surface area contributed by atoms with Crippen LogP contribution >= 0.6 is 0 Å². The van der Waals surface area contributed by atoms with Gasteiger partial charge in [0.25, 0.3) is 0 Å². The first-order chi connectivity index (χ1) is 6.62. The lowest BCUT2D eigenvalue weighted by Gasteiger charge is -2.20. The van der Waals surface area contributed by atoms with Crippen molar-refractivity contribution in [3.63, 3.8) is 0 Å². The van der Waals surface area contributed by atoms with E-state index in [4.69, 9.17) is 9.47 Å². The van der Waals surface area contributed by atoms with Crippen LogP contribution in [-0.2, 0) is 28.5 Å². The van der Waals surface area contributed by atoms with Gasteiger partial charge in [-0.25, -0.2) is 9.59 Å². The molecule has 6 heteroatoms. The van der Waals surface area contributed by atoms with Gasteiger partial charge in [0, 0.05) is 14.2 Å². The van der Waals surface area contributed by atoms with Crippen LogP contribution in [0.15, 0.2) is 0 Å². The van der Waals surface area contributed by atoms with Crippen LogP contribution in [0.3, 0.4) is 0 Å². The van der Waals surface area contributed by atoms with E-state index in [0.717, 1.165) is 0 Å². The standard InChI is InChI=1S/C8H14O6/c1-11-5(7(9)13-3)6(12-2)8(10)14-4/h5-6H,1-4H3/t5-,6-/m1/s1. The Morgan fingerprint density at radius 2 is 1.07 bits per heavy atom. The van der Waals surface area contributed by atoms with Gasteiger partial charge in [-0.15, -0.1) is 0 Å². The van der Waals surface area contributed by atoms with Gasteiger partial charge >= 0.3 is 11.9 Å². The van der Waals surface area contributed by atoms with Crippen molar-refractivity contribution in [1.82, 2.24) is 0 Å². The number of methoxy groups -OCH3 is 4. The van der Waals surface area contributed by atoms with E-state index in [-0.39, 0.29) is 0 Å². The van der Waals surface area contributed by atoms with E-state index in [2.05, 4.69) is 9.47 Å². The summed E-state index contributed by atoms with van der Waals surface area (Å²) in [7, 11) is 4.93. The molecule has 0 fully saturated rings. The summed E-state index contributed by atoms with van der Waals surface area (Å²) in [6.07, 6.45) is -2.23. The van der Waals surface area contributed by atoms with Crippen LogP contribution < -0.4 is 0 Å². The fourth-order valence-electron chi connectivity index (χ4n) is 0.919. The van der Waals surface area contributed by atoms with Gasteiger partial charge in [0.2, 0.25) is 0 Å². The highest BCUT2D eigenvalue weighted by molar-refractivity contribution is 5.85. The minimum atomic E-state index is -1.11. The Labute approximate surface area is 82.1 Å². The fraction of sp³-hybridized carbons (Fsp3) is 0.750. The molecule has 0 aliphatic rings. The first-order valence-corrected chi connectivity index (χ1v) is 3.83. The number of hydrogen-bond donors (Lipinski definition) is 0. The lowest BCUT2D eigenvalue weighted by Crippen LogP contribution is -2.43. The van der Waals surface area contributed by atoms with Crippen molar-refractivity contribution >= 4 is 11.9 Å². The summed E-state index contributed by atoms with van der Waals surface area (Å²) in [5.74, 6) is -1.38. The van der Waals surface area contributed by atoms with Crippen LogP contribution in [0, 0.1) is 0 Å². The van der Waals surface area contributed by atoms with Gasteiger partial charge in [0.15, 0.2) is 12.2 Å². The highest BCUT2D eigenvalue weighted by atomic mass is 16.6. The van der Waals surface area contributed by atoms with Crippen molar-refractivity contribution in [3.8, 4) is 0 Å². The molecule has 0 aromatic rings. The van der Waals surface area contributed by atoms with Gasteiger partial charge in [0.1, 0.15) is 0 Å². The largest absolute Gasteiger partial charge is 0.467 e. The fourth-order valence-corrected chi connectivity index (χ4v) is 0.919. The predicted molar refractivity (Wildman–Crippen MR) is 45.6 cm³/mol. The minimum Gasteiger partial charge on any atom is -0.467 e. The molecular weight excluding hydrogens is 192 g/mol. The van der Waals surface area contributed by atoms with Crippen LogP contribution in [0.1, 0.15) is 0 Å². The normalized spacial score (nSPS) is 14.3. The van der Waals surface area contributed by atoms with Crippen molar-refractivity contribution in [2.45, 2.75) is 12.2 Å². The zero-order valence-electron chi connectivity index (χ0n) is 8.60. The maximum Gasteiger partial charge on any atom is 0.338 e. The first-order valence-electron chi connectivity index (χ1n) is 3.83. The number of carbonyl (C=O) groups is 2. The van der Waals surface area contributed by atoms with E-state index in [0.29, 0.717) is 0 Å². The smallest absolute Gasteiger partial charge is 0.338 e. The monoisotopic (exact) mass is 206 g/mol. The summed E-state index contributed by atoms with van der Waals surface area (Å²) in [6, 6.07) is 0.